The summed E-state index contributed by atoms with van der Waals surface area (Å²) >= 11 is 6.11. The molecule has 3 nitrogen and oxygen atoms in total. The van der Waals surface area contributed by atoms with Gasteiger partial charge in [-0.05, 0) is 68.2 Å². The number of carbonyl (C=O) groups is 1. The molecule has 1 N–H and O–H groups in total. The number of hydrogen-bond acceptors (Lipinski definition) is 2. The molecule has 3 rings (SSSR count). The Hall–Kier alpha value is -1.91. The first-order valence-corrected chi connectivity index (χ1v) is 8.93. The van der Waals surface area contributed by atoms with E-state index in [1.165, 1.54) is 12.1 Å². The normalized spacial score (nSPS) is 16.0. The van der Waals surface area contributed by atoms with Gasteiger partial charge >= 0.3 is 0 Å². The lowest BCUT2D eigenvalue weighted by molar-refractivity contribution is -0.121. The van der Waals surface area contributed by atoms with Crippen molar-refractivity contribution in [1.29, 1.82) is 0 Å². The number of nitrogens with zero attached hydrogens (tertiary/aromatic N) is 1. The van der Waals surface area contributed by atoms with Gasteiger partial charge in [0.2, 0.25) is 5.91 Å². The Morgan fingerprint density at radius 1 is 1.20 bits per heavy atom. The zero-order valence-electron chi connectivity index (χ0n) is 14.3. The molecule has 1 aliphatic rings. The van der Waals surface area contributed by atoms with Crippen LogP contribution >= 0.6 is 11.6 Å². The van der Waals surface area contributed by atoms with Gasteiger partial charge < -0.3 is 5.32 Å². The molecule has 1 heterocycles. The Morgan fingerprint density at radius 2 is 1.88 bits per heavy atom. The minimum absolute atomic E-state index is 0.0165. The molecule has 0 atom stereocenters. The van der Waals surface area contributed by atoms with E-state index in [9.17, 15) is 9.18 Å². The second-order valence-electron chi connectivity index (χ2n) is 6.58. The van der Waals surface area contributed by atoms with Gasteiger partial charge in [-0.1, -0.05) is 29.8 Å². The van der Waals surface area contributed by atoms with Gasteiger partial charge in [0.25, 0.3) is 0 Å². The fourth-order valence-corrected chi connectivity index (χ4v) is 3.35. The molecule has 0 spiro atoms. The van der Waals surface area contributed by atoms with Crippen LogP contribution in [0.4, 0.5) is 10.1 Å². The standard InChI is InChI=1S/C20H22ClFN2O/c1-14-18(21)3-2-4-19(14)23-20(25)16-9-11-24(12-10-16)13-15-5-7-17(22)8-6-15/h2-8,16H,9-13H2,1H3,(H,23,25). The number of amides is 1. The number of carbonyl (C=O) groups excluding carboxylic acids is 1. The second-order valence-corrected chi connectivity index (χ2v) is 6.99. The molecule has 0 radical (unpaired) electrons. The summed E-state index contributed by atoms with van der Waals surface area (Å²) in [6.45, 7) is 4.43. The first kappa shape index (κ1) is 17.9. The van der Waals surface area contributed by atoms with Crippen LogP contribution < -0.4 is 5.32 Å². The van der Waals surface area contributed by atoms with E-state index in [1.807, 2.05) is 37.3 Å². The predicted molar refractivity (Wildman–Crippen MR) is 99.2 cm³/mol. The number of anilines is 1. The zero-order chi connectivity index (χ0) is 17.8. The summed E-state index contributed by atoms with van der Waals surface area (Å²) in [6, 6.07) is 12.2. The fraction of sp³-hybridized carbons (Fsp3) is 0.350. The zero-order valence-corrected chi connectivity index (χ0v) is 15.0. The van der Waals surface area contributed by atoms with Crippen molar-refractivity contribution in [2.45, 2.75) is 26.3 Å². The maximum Gasteiger partial charge on any atom is 0.227 e. The van der Waals surface area contributed by atoms with E-state index in [0.717, 1.165) is 49.3 Å². The molecule has 1 saturated heterocycles. The Balaban J connectivity index is 1.52. The highest BCUT2D eigenvalue weighted by Crippen LogP contribution is 2.25. The summed E-state index contributed by atoms with van der Waals surface area (Å²) in [7, 11) is 0. The van der Waals surface area contributed by atoms with Crippen molar-refractivity contribution in [3.05, 3.63) is 64.4 Å². The van der Waals surface area contributed by atoms with Crippen LogP contribution in [-0.4, -0.2) is 23.9 Å². The van der Waals surface area contributed by atoms with Crippen molar-refractivity contribution in [3.8, 4) is 0 Å². The van der Waals surface area contributed by atoms with Crippen LogP contribution in [0.25, 0.3) is 0 Å². The molecular formula is C20H22ClFN2O. The predicted octanol–water partition coefficient (Wildman–Crippen LogP) is 4.64. The molecule has 0 aromatic heterocycles. The van der Waals surface area contributed by atoms with Crippen LogP contribution in [0.2, 0.25) is 5.02 Å². The third-order valence-corrected chi connectivity index (χ3v) is 5.21. The molecule has 2 aromatic carbocycles. The summed E-state index contributed by atoms with van der Waals surface area (Å²) < 4.78 is 13.0. The minimum Gasteiger partial charge on any atom is -0.326 e. The van der Waals surface area contributed by atoms with Crippen LogP contribution in [0, 0.1) is 18.7 Å². The van der Waals surface area contributed by atoms with E-state index in [-0.39, 0.29) is 17.6 Å². The highest BCUT2D eigenvalue weighted by Gasteiger charge is 2.25. The molecule has 5 heteroatoms. The average molecular weight is 361 g/mol. The molecule has 25 heavy (non-hydrogen) atoms. The molecule has 0 saturated carbocycles. The number of piperidine rings is 1. The molecule has 132 valence electrons. The summed E-state index contributed by atoms with van der Waals surface area (Å²) in [5.74, 6) is -0.134. The number of rotatable bonds is 4. The number of hydrogen-bond donors (Lipinski definition) is 1. The van der Waals surface area contributed by atoms with Crippen molar-refractivity contribution < 1.29 is 9.18 Å². The quantitative estimate of drug-likeness (QED) is 0.861. The van der Waals surface area contributed by atoms with Gasteiger partial charge in [-0.15, -0.1) is 0 Å². The summed E-state index contributed by atoms with van der Waals surface area (Å²) in [6.07, 6.45) is 1.65. The second kappa shape index (κ2) is 7.98. The summed E-state index contributed by atoms with van der Waals surface area (Å²) in [5, 5.41) is 3.67. The maximum absolute atomic E-state index is 13.0. The largest absolute Gasteiger partial charge is 0.326 e. The van der Waals surface area contributed by atoms with E-state index in [4.69, 9.17) is 11.6 Å². The highest BCUT2D eigenvalue weighted by atomic mass is 35.5. The Bertz CT molecular complexity index is 740. The number of benzene rings is 2. The minimum atomic E-state index is -0.213. The van der Waals surface area contributed by atoms with Crippen LogP contribution in [0.3, 0.4) is 0 Å². The van der Waals surface area contributed by atoms with Gasteiger partial charge in [0.05, 0.1) is 0 Å². The van der Waals surface area contributed by atoms with Gasteiger partial charge in [-0.2, -0.15) is 0 Å². The smallest absolute Gasteiger partial charge is 0.227 e. The highest BCUT2D eigenvalue weighted by molar-refractivity contribution is 6.31. The van der Waals surface area contributed by atoms with Crippen molar-refractivity contribution in [2.24, 2.45) is 5.92 Å². The fourth-order valence-electron chi connectivity index (χ4n) is 3.18. The molecular weight excluding hydrogens is 339 g/mol. The van der Waals surface area contributed by atoms with Gasteiger partial charge in [-0.3, -0.25) is 9.69 Å². The molecule has 0 aliphatic carbocycles. The number of likely N-dealkylation sites (tertiary alicyclic amines) is 1. The number of nitrogens with one attached hydrogen (secondary N) is 1. The summed E-state index contributed by atoms with van der Waals surface area (Å²) in [4.78, 5) is 14.8. The lowest BCUT2D eigenvalue weighted by Crippen LogP contribution is -2.37. The van der Waals surface area contributed by atoms with Gasteiger partial charge in [0.1, 0.15) is 5.82 Å². The van der Waals surface area contributed by atoms with E-state index in [2.05, 4.69) is 10.2 Å². The third-order valence-electron chi connectivity index (χ3n) is 4.80. The Morgan fingerprint density at radius 3 is 2.56 bits per heavy atom. The lowest BCUT2D eigenvalue weighted by atomic mass is 9.95. The van der Waals surface area contributed by atoms with Crippen molar-refractivity contribution >= 4 is 23.2 Å². The topological polar surface area (TPSA) is 32.3 Å². The molecule has 2 aromatic rings. The lowest BCUT2D eigenvalue weighted by Gasteiger charge is -2.31. The first-order chi connectivity index (χ1) is 12.0. The van der Waals surface area contributed by atoms with Crippen molar-refractivity contribution in [2.75, 3.05) is 18.4 Å². The van der Waals surface area contributed by atoms with Gasteiger partial charge in [-0.25, -0.2) is 4.39 Å². The van der Waals surface area contributed by atoms with Crippen molar-refractivity contribution in [1.82, 2.24) is 4.90 Å². The molecule has 0 unspecified atom stereocenters. The molecule has 1 aliphatic heterocycles. The monoisotopic (exact) mass is 360 g/mol. The van der Waals surface area contributed by atoms with Crippen LogP contribution in [-0.2, 0) is 11.3 Å². The van der Waals surface area contributed by atoms with E-state index in [0.29, 0.717) is 5.02 Å². The molecule has 1 amide bonds. The number of halogens is 2. The summed E-state index contributed by atoms with van der Waals surface area (Å²) in [5.41, 5.74) is 2.77. The molecule has 0 bridgehead atoms. The first-order valence-electron chi connectivity index (χ1n) is 8.55. The van der Waals surface area contributed by atoms with Gasteiger partial charge in [0.15, 0.2) is 0 Å². The van der Waals surface area contributed by atoms with E-state index in [1.54, 1.807) is 0 Å². The van der Waals surface area contributed by atoms with Gasteiger partial charge in [0, 0.05) is 23.2 Å². The maximum atomic E-state index is 13.0. The van der Waals surface area contributed by atoms with Crippen molar-refractivity contribution in [3.63, 3.8) is 0 Å². The van der Waals surface area contributed by atoms with E-state index >= 15 is 0 Å². The molecule has 1 fully saturated rings. The van der Waals surface area contributed by atoms with Crippen LogP contribution in [0.5, 0.6) is 0 Å². The SMILES string of the molecule is Cc1c(Cl)cccc1NC(=O)C1CCN(Cc2ccc(F)cc2)CC1. The van der Waals surface area contributed by atoms with E-state index < -0.39 is 0 Å². The third kappa shape index (κ3) is 4.59. The Labute approximate surface area is 152 Å². The van der Waals surface area contributed by atoms with Crippen LogP contribution in [0.15, 0.2) is 42.5 Å². The average Bonchev–Trinajstić information content (AvgIpc) is 2.61. The van der Waals surface area contributed by atoms with Crippen LogP contribution in [0.1, 0.15) is 24.0 Å². The Kier molecular flexibility index (Phi) is 5.71.